The standard InChI is InChI=1S/C20H16N4O3/c25-14-27-19-13-7-5-11-17(19)22-24-20(15-8-2-1-3-9-15)23-21-16-10-4-6-12-18(16)26/h1-14,22,26H/b23-21?,24-20-. The average molecular weight is 360 g/mol. The van der Waals surface area contributed by atoms with E-state index in [9.17, 15) is 9.90 Å². The van der Waals surface area contributed by atoms with Crippen molar-refractivity contribution in [3.05, 3.63) is 84.4 Å². The fraction of sp³-hybridized carbons (Fsp3) is 0. The SMILES string of the molecule is O=COc1ccccc1N/N=C(\N=Nc1ccccc1O)c1ccccc1. The molecule has 0 amide bonds. The summed E-state index contributed by atoms with van der Waals surface area (Å²) in [6.07, 6.45) is 0. The number of aromatic hydroxyl groups is 1. The van der Waals surface area contributed by atoms with E-state index >= 15 is 0 Å². The number of carbonyl (C=O) groups is 1. The van der Waals surface area contributed by atoms with Gasteiger partial charge in [0.15, 0.2) is 5.75 Å². The van der Waals surface area contributed by atoms with E-state index in [4.69, 9.17) is 4.74 Å². The molecule has 0 spiro atoms. The van der Waals surface area contributed by atoms with Crippen LogP contribution in [0.3, 0.4) is 0 Å². The number of nitrogens with zero attached hydrogens (tertiary/aromatic N) is 3. The van der Waals surface area contributed by atoms with Crippen molar-refractivity contribution in [2.75, 3.05) is 5.43 Å². The number of hydrogen-bond acceptors (Lipinski definition) is 6. The van der Waals surface area contributed by atoms with Gasteiger partial charge in [-0.1, -0.05) is 54.6 Å². The molecule has 7 heteroatoms. The number of phenolic OH excluding ortho intramolecular Hbond substituents is 1. The molecule has 3 aromatic carbocycles. The number of hydrazone groups is 1. The number of nitrogens with one attached hydrogen (secondary N) is 1. The van der Waals surface area contributed by atoms with Gasteiger partial charge in [0.1, 0.15) is 11.4 Å². The molecule has 0 saturated heterocycles. The van der Waals surface area contributed by atoms with Gasteiger partial charge in [0, 0.05) is 5.56 Å². The number of rotatable bonds is 6. The monoisotopic (exact) mass is 360 g/mol. The maximum absolute atomic E-state index is 10.6. The van der Waals surface area contributed by atoms with Gasteiger partial charge in [0.05, 0.1) is 5.69 Å². The molecule has 0 aliphatic rings. The first kappa shape index (κ1) is 17.8. The number of phenols is 1. The van der Waals surface area contributed by atoms with Crippen LogP contribution in [0.25, 0.3) is 0 Å². The molecule has 0 fully saturated rings. The molecular formula is C20H16N4O3. The van der Waals surface area contributed by atoms with E-state index in [1.165, 1.54) is 6.07 Å². The number of amidine groups is 1. The van der Waals surface area contributed by atoms with Crippen molar-refractivity contribution in [2.45, 2.75) is 0 Å². The van der Waals surface area contributed by atoms with Crippen molar-refractivity contribution < 1.29 is 14.6 Å². The zero-order valence-electron chi connectivity index (χ0n) is 14.2. The Morgan fingerprint density at radius 2 is 1.63 bits per heavy atom. The predicted octanol–water partition coefficient (Wildman–Crippen LogP) is 4.49. The highest BCUT2D eigenvalue weighted by Gasteiger charge is 2.06. The Balaban J connectivity index is 1.92. The van der Waals surface area contributed by atoms with Crippen LogP contribution in [0.15, 0.2) is 94.2 Å². The number of para-hydroxylation sites is 3. The number of azo groups is 1. The lowest BCUT2D eigenvalue weighted by Gasteiger charge is -2.07. The summed E-state index contributed by atoms with van der Waals surface area (Å²) in [7, 11) is 0. The van der Waals surface area contributed by atoms with E-state index < -0.39 is 0 Å². The molecule has 0 aliphatic carbocycles. The number of ether oxygens (including phenoxy) is 1. The molecule has 0 radical (unpaired) electrons. The number of benzene rings is 3. The molecule has 2 N–H and O–H groups in total. The number of hydrogen-bond donors (Lipinski definition) is 2. The summed E-state index contributed by atoms with van der Waals surface area (Å²) in [4.78, 5) is 10.6. The lowest BCUT2D eigenvalue weighted by Crippen LogP contribution is -2.02. The van der Waals surface area contributed by atoms with Crippen molar-refractivity contribution in [1.82, 2.24) is 0 Å². The van der Waals surface area contributed by atoms with E-state index in [0.29, 0.717) is 29.4 Å². The summed E-state index contributed by atoms with van der Waals surface area (Å²) in [6, 6.07) is 22.7. The summed E-state index contributed by atoms with van der Waals surface area (Å²) in [5.41, 5.74) is 4.38. The lowest BCUT2D eigenvalue weighted by atomic mass is 10.2. The molecule has 0 aliphatic heterocycles. The number of anilines is 1. The summed E-state index contributed by atoms with van der Waals surface area (Å²) >= 11 is 0. The van der Waals surface area contributed by atoms with Gasteiger partial charge in [0.25, 0.3) is 6.47 Å². The fourth-order valence-electron chi connectivity index (χ4n) is 2.21. The first-order chi connectivity index (χ1) is 13.3. The highest BCUT2D eigenvalue weighted by atomic mass is 16.5. The van der Waals surface area contributed by atoms with E-state index in [1.54, 1.807) is 42.5 Å². The Kier molecular flexibility index (Phi) is 5.88. The molecule has 0 unspecified atom stereocenters. The van der Waals surface area contributed by atoms with Crippen LogP contribution in [-0.2, 0) is 4.79 Å². The van der Waals surface area contributed by atoms with Gasteiger partial charge in [-0.15, -0.1) is 10.2 Å². The first-order valence-electron chi connectivity index (χ1n) is 8.06. The van der Waals surface area contributed by atoms with Crippen LogP contribution in [0.1, 0.15) is 5.56 Å². The second kappa shape index (κ2) is 8.91. The maximum Gasteiger partial charge on any atom is 0.298 e. The molecule has 3 rings (SSSR count). The summed E-state index contributed by atoms with van der Waals surface area (Å²) in [5, 5.41) is 22.3. The summed E-state index contributed by atoms with van der Waals surface area (Å²) in [5.74, 6) is 0.646. The minimum Gasteiger partial charge on any atom is -0.506 e. The van der Waals surface area contributed by atoms with Crippen molar-refractivity contribution in [1.29, 1.82) is 0 Å². The van der Waals surface area contributed by atoms with Crippen LogP contribution in [0.5, 0.6) is 11.5 Å². The van der Waals surface area contributed by atoms with Crippen LogP contribution in [-0.4, -0.2) is 17.4 Å². The Morgan fingerprint density at radius 1 is 0.926 bits per heavy atom. The topological polar surface area (TPSA) is 95.6 Å². The van der Waals surface area contributed by atoms with Crippen molar-refractivity contribution in [2.24, 2.45) is 15.3 Å². The van der Waals surface area contributed by atoms with Crippen LogP contribution < -0.4 is 10.2 Å². The van der Waals surface area contributed by atoms with Crippen LogP contribution >= 0.6 is 0 Å². The van der Waals surface area contributed by atoms with Gasteiger partial charge in [-0.2, -0.15) is 5.10 Å². The van der Waals surface area contributed by atoms with E-state index in [-0.39, 0.29) is 5.75 Å². The molecular weight excluding hydrogens is 344 g/mol. The zero-order chi connectivity index (χ0) is 18.9. The minimum absolute atomic E-state index is 0.0198. The van der Waals surface area contributed by atoms with Gasteiger partial charge in [-0.25, -0.2) is 0 Å². The van der Waals surface area contributed by atoms with Crippen molar-refractivity contribution in [3.63, 3.8) is 0 Å². The minimum atomic E-state index is 0.0198. The highest BCUT2D eigenvalue weighted by molar-refractivity contribution is 5.99. The lowest BCUT2D eigenvalue weighted by molar-refractivity contribution is -0.120. The van der Waals surface area contributed by atoms with Crippen LogP contribution in [0, 0.1) is 0 Å². The summed E-state index contributed by atoms with van der Waals surface area (Å²) < 4.78 is 4.92. The molecule has 0 heterocycles. The maximum atomic E-state index is 10.6. The quantitative estimate of drug-likeness (QED) is 0.223. The normalized spacial score (nSPS) is 11.3. The fourth-order valence-corrected chi connectivity index (χ4v) is 2.21. The van der Waals surface area contributed by atoms with Gasteiger partial charge in [0.2, 0.25) is 5.84 Å². The van der Waals surface area contributed by atoms with Crippen LogP contribution in [0.2, 0.25) is 0 Å². The Bertz CT molecular complexity index is 972. The van der Waals surface area contributed by atoms with Gasteiger partial charge >= 0.3 is 0 Å². The molecule has 0 bridgehead atoms. The van der Waals surface area contributed by atoms with Gasteiger partial charge < -0.3 is 9.84 Å². The molecule has 7 nitrogen and oxygen atoms in total. The largest absolute Gasteiger partial charge is 0.506 e. The van der Waals surface area contributed by atoms with E-state index in [2.05, 4.69) is 20.8 Å². The van der Waals surface area contributed by atoms with E-state index in [0.717, 1.165) is 5.56 Å². The summed E-state index contributed by atoms with van der Waals surface area (Å²) in [6.45, 7) is 0.347. The Hall–Kier alpha value is -4.00. The van der Waals surface area contributed by atoms with Crippen molar-refractivity contribution in [3.8, 4) is 11.5 Å². The first-order valence-corrected chi connectivity index (χ1v) is 8.06. The zero-order valence-corrected chi connectivity index (χ0v) is 14.2. The molecule has 0 aromatic heterocycles. The molecule has 27 heavy (non-hydrogen) atoms. The number of carbonyl (C=O) groups excluding carboxylic acids is 1. The second-order valence-electron chi connectivity index (χ2n) is 5.31. The molecule has 3 aromatic rings. The van der Waals surface area contributed by atoms with Gasteiger partial charge in [-0.3, -0.25) is 10.2 Å². The third kappa shape index (κ3) is 4.76. The average Bonchev–Trinajstić information content (AvgIpc) is 2.71. The smallest absolute Gasteiger partial charge is 0.298 e. The Morgan fingerprint density at radius 3 is 2.41 bits per heavy atom. The molecule has 134 valence electrons. The third-order valence-corrected chi connectivity index (χ3v) is 3.51. The van der Waals surface area contributed by atoms with Crippen LogP contribution in [0.4, 0.5) is 11.4 Å². The predicted molar refractivity (Wildman–Crippen MR) is 102 cm³/mol. The third-order valence-electron chi connectivity index (χ3n) is 3.51. The second-order valence-corrected chi connectivity index (χ2v) is 5.31. The molecule has 0 saturated carbocycles. The van der Waals surface area contributed by atoms with E-state index in [1.807, 2.05) is 30.3 Å². The highest BCUT2D eigenvalue weighted by Crippen LogP contribution is 2.26. The Labute approximate surface area is 155 Å². The molecule has 0 atom stereocenters. The van der Waals surface area contributed by atoms with Gasteiger partial charge in [-0.05, 0) is 24.3 Å². The van der Waals surface area contributed by atoms with Crippen molar-refractivity contribution >= 4 is 23.7 Å².